The average molecular weight is 251 g/mol. The molecule has 0 aromatic carbocycles. The van der Waals surface area contributed by atoms with Crippen molar-refractivity contribution >= 4 is 0 Å². The Morgan fingerprint density at radius 2 is 2.17 bits per heavy atom. The fraction of sp³-hybridized carbons (Fsp3) is 0.846. The first kappa shape index (κ1) is 12.1. The van der Waals surface area contributed by atoms with Crippen molar-refractivity contribution < 1.29 is 9.26 Å². The Morgan fingerprint density at radius 1 is 1.33 bits per heavy atom. The van der Waals surface area contributed by atoms with Crippen LogP contribution in [0.15, 0.2) is 4.52 Å². The Labute approximate surface area is 107 Å². The van der Waals surface area contributed by atoms with Gasteiger partial charge in [-0.1, -0.05) is 24.9 Å². The zero-order valence-electron chi connectivity index (χ0n) is 11.0. The third kappa shape index (κ3) is 2.42. The third-order valence-corrected chi connectivity index (χ3v) is 4.03. The van der Waals surface area contributed by atoms with Gasteiger partial charge >= 0.3 is 0 Å². The summed E-state index contributed by atoms with van der Waals surface area (Å²) in [4.78, 5) is 6.77. The molecule has 2 heterocycles. The van der Waals surface area contributed by atoms with E-state index in [-0.39, 0.29) is 5.60 Å². The molecule has 5 heteroatoms. The number of hydrogen-bond donors (Lipinski definition) is 0. The van der Waals surface area contributed by atoms with Crippen molar-refractivity contribution in [3.8, 4) is 0 Å². The van der Waals surface area contributed by atoms with Gasteiger partial charge in [0.1, 0.15) is 0 Å². The lowest BCUT2D eigenvalue weighted by atomic mass is 10.00. The van der Waals surface area contributed by atoms with Crippen LogP contribution in [0.3, 0.4) is 0 Å². The minimum atomic E-state index is 0.117. The molecule has 5 nitrogen and oxygen atoms in total. The summed E-state index contributed by atoms with van der Waals surface area (Å²) in [6.07, 6.45) is 5.83. The molecule has 1 saturated heterocycles. The highest BCUT2D eigenvalue weighted by Gasteiger charge is 2.39. The Morgan fingerprint density at radius 3 is 2.89 bits per heavy atom. The number of morpholine rings is 1. The molecule has 0 atom stereocenters. The normalized spacial score (nSPS) is 23.8. The average Bonchev–Trinajstić information content (AvgIpc) is 2.99. The van der Waals surface area contributed by atoms with Crippen LogP contribution in [0.5, 0.6) is 0 Å². The van der Waals surface area contributed by atoms with Crippen molar-refractivity contribution in [2.45, 2.75) is 51.2 Å². The van der Waals surface area contributed by atoms with Crippen LogP contribution < -0.4 is 0 Å². The molecule has 0 N–H and O–H groups in total. The minimum Gasteiger partial charge on any atom is -0.372 e. The molecule has 2 fully saturated rings. The maximum atomic E-state index is 6.01. The third-order valence-electron chi connectivity index (χ3n) is 4.03. The second kappa shape index (κ2) is 4.97. The van der Waals surface area contributed by atoms with Crippen LogP contribution in [0.2, 0.25) is 0 Å². The minimum absolute atomic E-state index is 0.117. The molecule has 0 amide bonds. The van der Waals surface area contributed by atoms with Crippen LogP contribution in [0.4, 0.5) is 0 Å². The molecule has 0 radical (unpaired) electrons. The molecule has 3 rings (SSSR count). The van der Waals surface area contributed by atoms with E-state index < -0.39 is 0 Å². The number of hydrogen-bond acceptors (Lipinski definition) is 5. The monoisotopic (exact) mass is 251 g/mol. The van der Waals surface area contributed by atoms with E-state index in [1.54, 1.807) is 0 Å². The van der Waals surface area contributed by atoms with E-state index in [1.165, 1.54) is 25.7 Å². The number of aryl methyl sites for hydroxylation is 1. The van der Waals surface area contributed by atoms with E-state index in [9.17, 15) is 0 Å². The number of nitrogens with zero attached hydrogens (tertiary/aromatic N) is 3. The summed E-state index contributed by atoms with van der Waals surface area (Å²) in [5.74, 6) is 1.54. The molecule has 100 valence electrons. The molecular weight excluding hydrogens is 230 g/mol. The topological polar surface area (TPSA) is 51.4 Å². The lowest BCUT2D eigenvalue weighted by molar-refractivity contribution is -0.108. The maximum Gasteiger partial charge on any atom is 0.240 e. The highest BCUT2D eigenvalue weighted by atomic mass is 16.5. The zero-order valence-corrected chi connectivity index (χ0v) is 11.0. The standard InChI is InChI=1S/C13H21N3O2/c1-2-11-14-12(18-15-11)9-16-7-8-17-13(10-16)5-3-4-6-13/h2-10H2,1H3. The molecule has 1 spiro atoms. The van der Waals surface area contributed by atoms with Crippen LogP contribution in [-0.4, -0.2) is 40.3 Å². The second-order valence-corrected chi connectivity index (χ2v) is 5.41. The lowest BCUT2D eigenvalue weighted by Gasteiger charge is -2.39. The summed E-state index contributed by atoms with van der Waals surface area (Å²) in [7, 11) is 0. The Balaban J connectivity index is 1.62. The van der Waals surface area contributed by atoms with Crippen molar-refractivity contribution in [2.24, 2.45) is 0 Å². The number of rotatable bonds is 3. The highest BCUT2D eigenvalue weighted by Crippen LogP contribution is 2.36. The molecule has 0 unspecified atom stereocenters. The largest absolute Gasteiger partial charge is 0.372 e. The van der Waals surface area contributed by atoms with E-state index >= 15 is 0 Å². The van der Waals surface area contributed by atoms with Gasteiger partial charge in [-0.2, -0.15) is 4.98 Å². The van der Waals surface area contributed by atoms with Crippen molar-refractivity contribution in [1.29, 1.82) is 0 Å². The number of ether oxygens (including phenoxy) is 1. The van der Waals surface area contributed by atoms with Crippen molar-refractivity contribution in [2.75, 3.05) is 19.7 Å². The predicted molar refractivity (Wildman–Crippen MR) is 66.1 cm³/mol. The van der Waals surface area contributed by atoms with Gasteiger partial charge in [0.05, 0.1) is 18.8 Å². The summed E-state index contributed by atoms with van der Waals surface area (Å²) in [5.41, 5.74) is 0.117. The lowest BCUT2D eigenvalue weighted by Crippen LogP contribution is -2.49. The quantitative estimate of drug-likeness (QED) is 0.819. The Bertz CT molecular complexity index is 399. The molecule has 0 bridgehead atoms. The van der Waals surface area contributed by atoms with Crippen molar-refractivity contribution in [3.63, 3.8) is 0 Å². The number of aromatic nitrogens is 2. The van der Waals surface area contributed by atoms with E-state index in [4.69, 9.17) is 9.26 Å². The van der Waals surface area contributed by atoms with Crippen LogP contribution >= 0.6 is 0 Å². The first-order valence-corrected chi connectivity index (χ1v) is 6.97. The second-order valence-electron chi connectivity index (χ2n) is 5.41. The highest BCUT2D eigenvalue weighted by molar-refractivity contribution is 4.94. The molecular formula is C13H21N3O2. The fourth-order valence-electron chi connectivity index (χ4n) is 3.07. The summed E-state index contributed by atoms with van der Waals surface area (Å²) >= 11 is 0. The SMILES string of the molecule is CCc1noc(CN2CCOC3(CCCC3)C2)n1. The molecule has 1 aromatic rings. The van der Waals surface area contributed by atoms with Crippen molar-refractivity contribution in [3.05, 3.63) is 11.7 Å². The molecule has 1 aromatic heterocycles. The smallest absolute Gasteiger partial charge is 0.240 e. The molecule has 2 aliphatic rings. The zero-order chi connectivity index (χ0) is 12.4. The van der Waals surface area contributed by atoms with Crippen LogP contribution in [0.1, 0.15) is 44.3 Å². The molecule has 1 aliphatic carbocycles. The summed E-state index contributed by atoms with van der Waals surface area (Å²) in [6.45, 7) is 5.60. The van der Waals surface area contributed by atoms with Gasteiger partial charge in [-0.15, -0.1) is 0 Å². The van der Waals surface area contributed by atoms with Gasteiger partial charge in [-0.25, -0.2) is 0 Å². The van der Waals surface area contributed by atoms with E-state index in [1.807, 2.05) is 6.92 Å². The Hall–Kier alpha value is -0.940. The van der Waals surface area contributed by atoms with E-state index in [0.29, 0.717) is 0 Å². The van der Waals surface area contributed by atoms with Crippen LogP contribution in [0, 0.1) is 0 Å². The molecule has 1 aliphatic heterocycles. The summed E-state index contributed by atoms with van der Waals surface area (Å²) in [5, 5.41) is 3.95. The maximum absolute atomic E-state index is 6.01. The van der Waals surface area contributed by atoms with Gasteiger partial charge in [0.15, 0.2) is 5.82 Å². The van der Waals surface area contributed by atoms with Gasteiger partial charge in [0.25, 0.3) is 0 Å². The molecule has 18 heavy (non-hydrogen) atoms. The summed E-state index contributed by atoms with van der Waals surface area (Å²) < 4.78 is 11.3. The Kier molecular flexibility index (Phi) is 3.35. The van der Waals surface area contributed by atoms with E-state index in [0.717, 1.165) is 44.4 Å². The van der Waals surface area contributed by atoms with E-state index in [2.05, 4.69) is 15.0 Å². The van der Waals surface area contributed by atoms with Gasteiger partial charge in [0, 0.05) is 19.5 Å². The van der Waals surface area contributed by atoms with Crippen LogP contribution in [0.25, 0.3) is 0 Å². The first-order valence-electron chi connectivity index (χ1n) is 6.97. The first-order chi connectivity index (χ1) is 8.80. The van der Waals surface area contributed by atoms with Gasteiger partial charge in [-0.05, 0) is 12.8 Å². The predicted octanol–water partition coefficient (Wildman–Crippen LogP) is 1.78. The summed E-state index contributed by atoms with van der Waals surface area (Å²) in [6, 6.07) is 0. The molecule has 1 saturated carbocycles. The fourth-order valence-corrected chi connectivity index (χ4v) is 3.07. The van der Waals surface area contributed by atoms with Gasteiger partial charge in [-0.3, -0.25) is 4.90 Å². The van der Waals surface area contributed by atoms with Crippen LogP contribution in [-0.2, 0) is 17.7 Å². The van der Waals surface area contributed by atoms with Gasteiger partial charge in [0.2, 0.25) is 5.89 Å². The van der Waals surface area contributed by atoms with Gasteiger partial charge < -0.3 is 9.26 Å². The van der Waals surface area contributed by atoms with Crippen molar-refractivity contribution in [1.82, 2.24) is 15.0 Å².